The first-order chi connectivity index (χ1) is 6.63. The van der Waals surface area contributed by atoms with Crippen molar-refractivity contribution < 1.29 is 10.0 Å². The molecule has 0 aromatic heterocycles. The van der Waals surface area contributed by atoms with E-state index in [1.54, 1.807) is 0 Å². The lowest BCUT2D eigenvalue weighted by atomic mass is 10.1. The minimum absolute atomic E-state index is 0.0449. The second-order valence-corrected chi connectivity index (χ2v) is 3.23. The summed E-state index contributed by atoms with van der Waals surface area (Å²) < 4.78 is 0. The van der Waals surface area contributed by atoms with Crippen molar-refractivity contribution in [2.45, 2.75) is 45.6 Å². The highest BCUT2D eigenvalue weighted by Gasteiger charge is 2.10. The first kappa shape index (κ1) is 12.7. The summed E-state index contributed by atoms with van der Waals surface area (Å²) in [5.41, 5.74) is 5.20. The SMILES string of the molecule is CCCC(CC)NC(=O)CC(N)=NO. The first-order valence-electron chi connectivity index (χ1n) is 4.89. The maximum Gasteiger partial charge on any atom is 0.227 e. The van der Waals surface area contributed by atoms with Crippen LogP contribution in [0.25, 0.3) is 0 Å². The van der Waals surface area contributed by atoms with Crippen molar-refractivity contribution in [3.63, 3.8) is 0 Å². The van der Waals surface area contributed by atoms with Crippen LogP contribution in [-0.4, -0.2) is 23.0 Å². The average molecular weight is 201 g/mol. The highest BCUT2D eigenvalue weighted by Crippen LogP contribution is 2.00. The molecule has 1 amide bonds. The summed E-state index contributed by atoms with van der Waals surface area (Å²) in [6, 6.07) is 0.194. The third-order valence-electron chi connectivity index (χ3n) is 1.97. The maximum atomic E-state index is 11.3. The topological polar surface area (TPSA) is 87.7 Å². The maximum absolute atomic E-state index is 11.3. The summed E-state index contributed by atoms with van der Waals surface area (Å²) in [6.45, 7) is 4.09. The Balaban J connectivity index is 3.90. The molecule has 0 rings (SSSR count). The lowest BCUT2D eigenvalue weighted by Crippen LogP contribution is -2.36. The summed E-state index contributed by atoms with van der Waals surface area (Å²) in [6.07, 6.45) is 2.84. The van der Waals surface area contributed by atoms with Crippen molar-refractivity contribution in [3.8, 4) is 0 Å². The van der Waals surface area contributed by atoms with Crippen LogP contribution < -0.4 is 11.1 Å². The van der Waals surface area contributed by atoms with Gasteiger partial charge in [-0.3, -0.25) is 4.79 Å². The van der Waals surface area contributed by atoms with E-state index in [9.17, 15) is 4.79 Å². The highest BCUT2D eigenvalue weighted by molar-refractivity contribution is 5.98. The van der Waals surface area contributed by atoms with Gasteiger partial charge in [-0.2, -0.15) is 0 Å². The number of nitrogens with one attached hydrogen (secondary N) is 1. The molecule has 4 N–H and O–H groups in total. The molecule has 1 unspecified atom stereocenters. The van der Waals surface area contributed by atoms with Crippen molar-refractivity contribution in [1.82, 2.24) is 5.32 Å². The molecule has 82 valence electrons. The van der Waals surface area contributed by atoms with Crippen molar-refractivity contribution in [3.05, 3.63) is 0 Å². The van der Waals surface area contributed by atoms with E-state index in [2.05, 4.69) is 17.4 Å². The second-order valence-electron chi connectivity index (χ2n) is 3.23. The summed E-state index contributed by atoms with van der Waals surface area (Å²) in [7, 11) is 0. The number of carbonyl (C=O) groups is 1. The molecule has 1 atom stereocenters. The number of amides is 1. The van der Waals surface area contributed by atoms with Gasteiger partial charge >= 0.3 is 0 Å². The first-order valence-corrected chi connectivity index (χ1v) is 4.89. The monoisotopic (exact) mass is 201 g/mol. The lowest BCUT2D eigenvalue weighted by Gasteiger charge is -2.15. The fraction of sp³-hybridized carbons (Fsp3) is 0.778. The molecular formula is C9H19N3O2. The number of rotatable bonds is 6. The zero-order valence-corrected chi connectivity index (χ0v) is 8.79. The van der Waals surface area contributed by atoms with Crippen LogP contribution in [-0.2, 0) is 4.79 Å². The number of hydrogen-bond donors (Lipinski definition) is 3. The normalized spacial score (nSPS) is 13.7. The summed E-state index contributed by atoms with van der Waals surface area (Å²) in [5, 5.41) is 13.8. The lowest BCUT2D eigenvalue weighted by molar-refractivity contribution is -0.120. The van der Waals surface area contributed by atoms with E-state index < -0.39 is 0 Å². The van der Waals surface area contributed by atoms with Crippen LogP contribution in [0.1, 0.15) is 39.5 Å². The van der Waals surface area contributed by atoms with Crippen molar-refractivity contribution >= 4 is 11.7 Å². The predicted molar refractivity (Wildman–Crippen MR) is 55.2 cm³/mol. The Kier molecular flexibility index (Phi) is 6.53. The van der Waals surface area contributed by atoms with Gasteiger partial charge in [0.25, 0.3) is 0 Å². The number of nitrogens with zero attached hydrogens (tertiary/aromatic N) is 1. The molecule has 0 saturated heterocycles. The van der Waals surface area contributed by atoms with E-state index in [1.165, 1.54) is 0 Å². The van der Waals surface area contributed by atoms with Crippen LogP contribution in [0.5, 0.6) is 0 Å². The molecular weight excluding hydrogens is 182 g/mol. The number of hydrogen-bond acceptors (Lipinski definition) is 3. The molecule has 0 bridgehead atoms. The number of carbonyl (C=O) groups excluding carboxylic acids is 1. The van der Waals surface area contributed by atoms with Gasteiger partial charge in [0.15, 0.2) is 0 Å². The van der Waals surface area contributed by atoms with Gasteiger partial charge in [-0.15, -0.1) is 0 Å². The van der Waals surface area contributed by atoms with Gasteiger partial charge in [-0.25, -0.2) is 0 Å². The molecule has 5 heteroatoms. The van der Waals surface area contributed by atoms with Crippen molar-refractivity contribution in [2.75, 3.05) is 0 Å². The van der Waals surface area contributed by atoms with Crippen LogP contribution in [0.15, 0.2) is 5.16 Å². The Morgan fingerprint density at radius 1 is 1.57 bits per heavy atom. The minimum Gasteiger partial charge on any atom is -0.409 e. The zero-order valence-electron chi connectivity index (χ0n) is 8.79. The largest absolute Gasteiger partial charge is 0.409 e. The van der Waals surface area contributed by atoms with Crippen molar-refractivity contribution in [2.24, 2.45) is 10.9 Å². The van der Waals surface area contributed by atoms with Crippen LogP contribution in [0.3, 0.4) is 0 Å². The molecule has 0 heterocycles. The quantitative estimate of drug-likeness (QED) is 0.257. The molecule has 0 radical (unpaired) electrons. The molecule has 0 fully saturated rings. The van der Waals surface area contributed by atoms with Gasteiger partial charge in [0.05, 0.1) is 6.42 Å². The predicted octanol–water partition coefficient (Wildman–Crippen LogP) is 0.818. The van der Waals surface area contributed by atoms with Crippen LogP contribution >= 0.6 is 0 Å². The fourth-order valence-corrected chi connectivity index (χ4v) is 1.21. The number of oxime groups is 1. The standard InChI is InChI=1S/C9H19N3O2/c1-3-5-7(4-2)11-9(13)6-8(10)12-14/h7,14H,3-6H2,1-2H3,(H2,10,12)(H,11,13). The third kappa shape index (κ3) is 5.40. The van der Waals surface area contributed by atoms with Gasteiger partial charge in [-0.1, -0.05) is 25.4 Å². The van der Waals surface area contributed by atoms with Crippen LogP contribution in [0, 0.1) is 0 Å². The van der Waals surface area contributed by atoms with Crippen LogP contribution in [0.2, 0.25) is 0 Å². The van der Waals surface area contributed by atoms with E-state index in [0.29, 0.717) is 0 Å². The van der Waals surface area contributed by atoms with Crippen molar-refractivity contribution in [1.29, 1.82) is 0 Å². The Bertz CT molecular complexity index is 204. The fourth-order valence-electron chi connectivity index (χ4n) is 1.21. The van der Waals surface area contributed by atoms with Gasteiger partial charge in [0.1, 0.15) is 5.84 Å². The van der Waals surface area contributed by atoms with E-state index >= 15 is 0 Å². The Morgan fingerprint density at radius 2 is 2.21 bits per heavy atom. The molecule has 0 aliphatic carbocycles. The van der Waals surface area contributed by atoms with E-state index in [1.807, 2.05) is 6.92 Å². The second kappa shape index (κ2) is 7.17. The van der Waals surface area contributed by atoms with Crippen LogP contribution in [0.4, 0.5) is 0 Å². The molecule has 0 aliphatic heterocycles. The average Bonchev–Trinajstić information content (AvgIpc) is 2.16. The third-order valence-corrected chi connectivity index (χ3v) is 1.97. The van der Waals surface area contributed by atoms with Gasteiger partial charge in [-0.05, 0) is 12.8 Å². The number of nitrogens with two attached hydrogens (primary N) is 1. The van der Waals surface area contributed by atoms with E-state index in [-0.39, 0.29) is 24.2 Å². The van der Waals surface area contributed by atoms with Gasteiger partial charge < -0.3 is 16.3 Å². The molecule has 14 heavy (non-hydrogen) atoms. The summed E-state index contributed by atoms with van der Waals surface area (Å²) >= 11 is 0. The minimum atomic E-state index is -0.194. The molecule has 5 nitrogen and oxygen atoms in total. The Labute approximate surface area is 84.4 Å². The molecule has 0 aromatic carbocycles. The zero-order chi connectivity index (χ0) is 11.0. The molecule has 0 spiro atoms. The summed E-state index contributed by atoms with van der Waals surface area (Å²) in [5.74, 6) is -0.255. The smallest absolute Gasteiger partial charge is 0.227 e. The van der Waals surface area contributed by atoms with E-state index in [4.69, 9.17) is 10.9 Å². The Morgan fingerprint density at radius 3 is 2.64 bits per heavy atom. The summed E-state index contributed by atoms with van der Waals surface area (Å²) in [4.78, 5) is 11.3. The molecule has 0 aromatic rings. The molecule has 0 saturated carbocycles. The van der Waals surface area contributed by atoms with E-state index in [0.717, 1.165) is 19.3 Å². The van der Waals surface area contributed by atoms with Gasteiger partial charge in [0.2, 0.25) is 5.91 Å². The Hall–Kier alpha value is -1.26. The molecule has 0 aliphatic rings. The highest BCUT2D eigenvalue weighted by atomic mass is 16.4. The van der Waals surface area contributed by atoms with Gasteiger partial charge in [0, 0.05) is 6.04 Å². The number of amidine groups is 1.